The van der Waals surface area contributed by atoms with Gasteiger partial charge in [-0.15, -0.1) is 0 Å². The summed E-state index contributed by atoms with van der Waals surface area (Å²) in [7, 11) is -3.83. The predicted octanol–water partition coefficient (Wildman–Crippen LogP) is 4.43. The first-order valence-corrected chi connectivity index (χ1v) is 15.3. The second kappa shape index (κ2) is 12.6. The number of carboxylic acid groups (broad SMARTS) is 1. The van der Waals surface area contributed by atoms with Crippen LogP contribution in [0.4, 0.5) is 0 Å². The molecule has 0 heterocycles. The number of sulfonamides is 1. The smallest absolute Gasteiger partial charge is 0.306 e. The van der Waals surface area contributed by atoms with Crippen LogP contribution in [0, 0.1) is 11.8 Å². The number of hydrogen-bond donors (Lipinski definition) is 4. The minimum atomic E-state index is -3.83. The van der Waals surface area contributed by atoms with E-state index in [2.05, 4.69) is 48.2 Å². The fourth-order valence-corrected chi connectivity index (χ4v) is 6.58. The van der Waals surface area contributed by atoms with Crippen molar-refractivity contribution in [3.05, 3.63) is 89.5 Å². The van der Waals surface area contributed by atoms with Crippen LogP contribution < -0.4 is 10.0 Å². The fourth-order valence-electron chi connectivity index (χ4n) is 5.46. The van der Waals surface area contributed by atoms with E-state index in [1.54, 1.807) is 19.1 Å². The molecular formula is C32H40N2O5S. The van der Waals surface area contributed by atoms with E-state index in [0.717, 1.165) is 36.0 Å². The number of nitrogens with one attached hydrogen (secondary N) is 2. The maximum atomic E-state index is 13.0. The van der Waals surface area contributed by atoms with E-state index >= 15 is 0 Å². The Labute approximate surface area is 237 Å². The summed E-state index contributed by atoms with van der Waals surface area (Å²) < 4.78 is 28.5. The Balaban J connectivity index is 1.28. The van der Waals surface area contributed by atoms with Crippen molar-refractivity contribution in [2.24, 2.45) is 11.8 Å². The van der Waals surface area contributed by atoms with Crippen molar-refractivity contribution in [1.29, 1.82) is 0 Å². The third kappa shape index (κ3) is 8.01. The van der Waals surface area contributed by atoms with Gasteiger partial charge in [-0.3, -0.25) is 4.79 Å². The van der Waals surface area contributed by atoms with Gasteiger partial charge in [-0.1, -0.05) is 67.6 Å². The Morgan fingerprint density at radius 1 is 0.950 bits per heavy atom. The summed E-state index contributed by atoms with van der Waals surface area (Å²) in [5, 5.41) is 23.1. The SMILES string of the molecule is C[C@H](Cc1ccc(-c2cccc(S(=O)(=O)NCC(O)CNC(C)(C)CC3Cc4ccccc4C3)c2)cc1)C(=O)O. The Kier molecular flexibility index (Phi) is 9.46. The number of aliphatic hydroxyl groups is 1. The lowest BCUT2D eigenvalue weighted by Crippen LogP contribution is -2.47. The summed E-state index contributed by atoms with van der Waals surface area (Å²) in [5.41, 5.74) is 5.12. The first-order valence-electron chi connectivity index (χ1n) is 13.8. The zero-order valence-corrected chi connectivity index (χ0v) is 24.2. The lowest BCUT2D eigenvalue weighted by molar-refractivity contribution is -0.141. The van der Waals surface area contributed by atoms with Crippen LogP contribution in [0.3, 0.4) is 0 Å². The van der Waals surface area contributed by atoms with E-state index in [1.165, 1.54) is 17.2 Å². The van der Waals surface area contributed by atoms with Crippen LogP contribution >= 0.6 is 0 Å². The van der Waals surface area contributed by atoms with Crippen LogP contribution in [0.2, 0.25) is 0 Å². The van der Waals surface area contributed by atoms with Crippen molar-refractivity contribution in [2.75, 3.05) is 13.1 Å². The van der Waals surface area contributed by atoms with Crippen molar-refractivity contribution in [3.8, 4) is 11.1 Å². The molecule has 0 saturated heterocycles. The lowest BCUT2D eigenvalue weighted by Gasteiger charge is -2.30. The largest absolute Gasteiger partial charge is 0.481 e. The van der Waals surface area contributed by atoms with Gasteiger partial charge in [0.05, 0.1) is 16.9 Å². The van der Waals surface area contributed by atoms with Crippen LogP contribution in [-0.4, -0.2) is 49.3 Å². The van der Waals surface area contributed by atoms with Crippen molar-refractivity contribution in [3.63, 3.8) is 0 Å². The van der Waals surface area contributed by atoms with Gasteiger partial charge in [0, 0.05) is 18.6 Å². The maximum absolute atomic E-state index is 13.0. The molecule has 3 aromatic carbocycles. The van der Waals surface area contributed by atoms with Crippen molar-refractivity contribution < 1.29 is 23.4 Å². The van der Waals surface area contributed by atoms with Gasteiger partial charge >= 0.3 is 5.97 Å². The Bertz CT molecular complexity index is 1390. The molecule has 0 amide bonds. The van der Waals surface area contributed by atoms with Crippen LogP contribution in [0.25, 0.3) is 11.1 Å². The van der Waals surface area contributed by atoms with Crippen LogP contribution in [-0.2, 0) is 34.1 Å². The number of aliphatic carboxylic acids is 1. The third-order valence-electron chi connectivity index (χ3n) is 7.65. The number of fused-ring (bicyclic) bond motifs is 1. The average molecular weight is 565 g/mol. The number of rotatable bonds is 13. The average Bonchev–Trinajstić information content (AvgIpc) is 3.33. The number of hydrogen-bond acceptors (Lipinski definition) is 5. The van der Waals surface area contributed by atoms with Crippen LogP contribution in [0.1, 0.15) is 43.9 Å². The summed E-state index contributed by atoms with van der Waals surface area (Å²) in [6.07, 6.45) is 2.65. The molecule has 0 aromatic heterocycles. The van der Waals surface area contributed by atoms with E-state index in [4.69, 9.17) is 5.11 Å². The lowest BCUT2D eigenvalue weighted by atomic mass is 9.88. The molecular weight excluding hydrogens is 524 g/mol. The first-order chi connectivity index (χ1) is 18.9. The van der Waals surface area contributed by atoms with Gasteiger partial charge in [-0.25, -0.2) is 13.1 Å². The Hall–Kier alpha value is -3.04. The normalized spacial score (nSPS) is 15.5. The molecule has 1 aliphatic rings. The van der Waals surface area contributed by atoms with E-state index in [9.17, 15) is 18.3 Å². The van der Waals surface area contributed by atoms with Crippen molar-refractivity contribution in [2.45, 2.75) is 63.0 Å². The van der Waals surface area contributed by atoms with E-state index in [0.29, 0.717) is 12.3 Å². The molecule has 0 spiro atoms. The topological polar surface area (TPSA) is 116 Å². The molecule has 4 N–H and O–H groups in total. The maximum Gasteiger partial charge on any atom is 0.306 e. The number of aliphatic hydroxyl groups excluding tert-OH is 1. The van der Waals surface area contributed by atoms with Gasteiger partial charge in [0.15, 0.2) is 0 Å². The summed E-state index contributed by atoms with van der Waals surface area (Å²) in [6.45, 7) is 6.10. The molecule has 2 atom stereocenters. The monoisotopic (exact) mass is 564 g/mol. The number of β-amino-alcohol motifs (C(OH)–C–C–N with tert-alkyl or cyclic N) is 1. The molecule has 40 heavy (non-hydrogen) atoms. The van der Waals surface area contributed by atoms with Gasteiger partial charge in [0.2, 0.25) is 10.0 Å². The van der Waals surface area contributed by atoms with Crippen LogP contribution in [0.5, 0.6) is 0 Å². The molecule has 3 aromatic rings. The molecule has 0 aliphatic heterocycles. The minimum Gasteiger partial charge on any atom is -0.481 e. The first kappa shape index (κ1) is 29.9. The summed E-state index contributed by atoms with van der Waals surface area (Å²) >= 11 is 0. The Morgan fingerprint density at radius 3 is 2.23 bits per heavy atom. The van der Waals surface area contributed by atoms with E-state index in [-0.39, 0.29) is 23.5 Å². The fraction of sp³-hybridized carbons (Fsp3) is 0.406. The zero-order chi connectivity index (χ0) is 28.9. The number of benzene rings is 3. The molecule has 0 fully saturated rings. The number of carbonyl (C=O) groups is 1. The zero-order valence-electron chi connectivity index (χ0n) is 23.4. The number of carboxylic acids is 1. The molecule has 1 unspecified atom stereocenters. The highest BCUT2D eigenvalue weighted by Gasteiger charge is 2.28. The van der Waals surface area contributed by atoms with Gasteiger partial charge in [-0.05, 0) is 85.4 Å². The highest BCUT2D eigenvalue weighted by atomic mass is 32.2. The highest BCUT2D eigenvalue weighted by molar-refractivity contribution is 7.89. The summed E-state index contributed by atoms with van der Waals surface area (Å²) in [4.78, 5) is 11.2. The molecule has 8 heteroatoms. The van der Waals surface area contributed by atoms with Gasteiger partial charge < -0.3 is 15.5 Å². The molecule has 0 bridgehead atoms. The molecule has 7 nitrogen and oxygen atoms in total. The van der Waals surface area contributed by atoms with E-state index in [1.807, 2.05) is 30.3 Å². The molecule has 1 aliphatic carbocycles. The molecule has 214 valence electrons. The minimum absolute atomic E-state index is 0.0963. The highest BCUT2D eigenvalue weighted by Crippen LogP contribution is 2.32. The van der Waals surface area contributed by atoms with Crippen LogP contribution in [0.15, 0.2) is 77.7 Å². The second-order valence-corrected chi connectivity index (χ2v) is 13.5. The third-order valence-corrected chi connectivity index (χ3v) is 9.08. The van der Waals surface area contributed by atoms with E-state index < -0.39 is 28.0 Å². The van der Waals surface area contributed by atoms with Crippen molar-refractivity contribution >= 4 is 16.0 Å². The van der Waals surface area contributed by atoms with Gasteiger partial charge in [0.25, 0.3) is 0 Å². The van der Waals surface area contributed by atoms with Crippen molar-refractivity contribution in [1.82, 2.24) is 10.0 Å². The summed E-state index contributed by atoms with van der Waals surface area (Å²) in [5.74, 6) is -0.769. The quantitative estimate of drug-likeness (QED) is 0.244. The second-order valence-electron chi connectivity index (χ2n) is 11.7. The van der Waals surface area contributed by atoms with Gasteiger partial charge in [0.1, 0.15) is 0 Å². The summed E-state index contributed by atoms with van der Waals surface area (Å²) in [6, 6.07) is 22.7. The van der Waals surface area contributed by atoms with Gasteiger partial charge in [-0.2, -0.15) is 0 Å². The molecule has 0 saturated carbocycles. The standard InChI is InChI=1S/C32H40N2O5S/c1-22(31(36)37)15-23-11-13-25(14-12-23)28-9-6-10-30(18-28)40(38,39)34-21-29(35)20-33-32(2,3)19-24-16-26-7-4-5-8-27(26)17-24/h4-14,18,22,24,29,33-35H,15-17,19-21H2,1-3H3,(H,36,37)/t22-,29?/m1/s1. The Morgan fingerprint density at radius 2 is 1.60 bits per heavy atom. The molecule has 4 rings (SSSR count). The molecule has 0 radical (unpaired) electrons. The predicted molar refractivity (Wildman–Crippen MR) is 158 cm³/mol.